The second-order valence-electron chi connectivity index (χ2n) is 4.48. The van der Waals surface area contributed by atoms with Crippen LogP contribution in [0.1, 0.15) is 34.5 Å². The van der Waals surface area contributed by atoms with E-state index in [2.05, 4.69) is 43.6 Å². The predicted octanol–water partition coefficient (Wildman–Crippen LogP) is 4.72. The summed E-state index contributed by atoms with van der Waals surface area (Å²) in [6.45, 7) is 7.34. The Hall–Kier alpha value is -0.830. The molecule has 1 unspecified atom stereocenters. The van der Waals surface area contributed by atoms with Crippen LogP contribution in [0.15, 0.2) is 29.6 Å². The number of nitrogens with one attached hydrogen (secondary N) is 1. The van der Waals surface area contributed by atoms with Crippen LogP contribution in [-0.2, 0) is 0 Å². The molecule has 1 aromatic carbocycles. The fraction of sp³-hybridized carbons (Fsp3) is 0.333. The van der Waals surface area contributed by atoms with Crippen LogP contribution in [0.25, 0.3) is 0 Å². The van der Waals surface area contributed by atoms with Gasteiger partial charge in [0.25, 0.3) is 0 Å². The van der Waals surface area contributed by atoms with Crippen LogP contribution < -0.4 is 5.32 Å². The zero-order chi connectivity index (χ0) is 13.1. The second-order valence-corrected chi connectivity index (χ2v) is 6.03. The maximum Gasteiger partial charge on any atom is 0.0587 e. The van der Waals surface area contributed by atoms with Crippen LogP contribution >= 0.6 is 22.9 Å². The third kappa shape index (κ3) is 2.94. The molecule has 96 valence electrons. The van der Waals surface area contributed by atoms with E-state index in [9.17, 15) is 0 Å². The zero-order valence-electron chi connectivity index (χ0n) is 11.0. The lowest BCUT2D eigenvalue weighted by Gasteiger charge is -2.19. The third-order valence-corrected chi connectivity index (χ3v) is 4.15. The van der Waals surface area contributed by atoms with Crippen LogP contribution in [0.4, 0.5) is 0 Å². The highest BCUT2D eigenvalue weighted by Gasteiger charge is 2.16. The number of aryl methyl sites for hydroxylation is 2. The Morgan fingerprint density at radius 3 is 2.61 bits per heavy atom. The van der Waals surface area contributed by atoms with Crippen LogP contribution in [0, 0.1) is 13.8 Å². The molecule has 1 atom stereocenters. The van der Waals surface area contributed by atoms with Crippen molar-refractivity contribution in [1.29, 1.82) is 0 Å². The molecule has 1 nitrogen and oxygen atoms in total. The van der Waals surface area contributed by atoms with Crippen molar-refractivity contribution in [2.45, 2.75) is 26.8 Å². The molecule has 2 aromatic rings. The molecule has 0 saturated heterocycles. The van der Waals surface area contributed by atoms with Crippen LogP contribution in [0.2, 0.25) is 5.02 Å². The molecule has 0 fully saturated rings. The SMILES string of the molecule is CCNC(c1csc(C)c1)c1ccc(Cl)cc1C. The standard InChI is InChI=1S/C15H18ClNS/c1-4-17-15(12-8-11(3)18-9-12)14-6-5-13(16)7-10(14)2/h5-9,15,17H,4H2,1-3H3. The van der Waals surface area contributed by atoms with E-state index in [-0.39, 0.29) is 6.04 Å². The lowest BCUT2D eigenvalue weighted by atomic mass is 9.96. The minimum atomic E-state index is 0.261. The van der Waals surface area contributed by atoms with Crippen molar-refractivity contribution in [3.63, 3.8) is 0 Å². The average Bonchev–Trinajstić information content (AvgIpc) is 2.73. The quantitative estimate of drug-likeness (QED) is 0.854. The molecule has 2 rings (SSSR count). The Balaban J connectivity index is 2.41. The van der Waals surface area contributed by atoms with Crippen LogP contribution in [0.5, 0.6) is 0 Å². The predicted molar refractivity (Wildman–Crippen MR) is 80.8 cm³/mol. The molecule has 0 spiro atoms. The number of benzene rings is 1. The molecular weight excluding hydrogens is 262 g/mol. The normalized spacial score (nSPS) is 12.7. The van der Waals surface area contributed by atoms with Crippen molar-refractivity contribution in [3.05, 3.63) is 56.2 Å². The van der Waals surface area contributed by atoms with E-state index in [1.54, 1.807) is 11.3 Å². The van der Waals surface area contributed by atoms with E-state index in [4.69, 9.17) is 11.6 Å². The van der Waals surface area contributed by atoms with Crippen LogP contribution in [0.3, 0.4) is 0 Å². The van der Waals surface area contributed by atoms with Crippen molar-refractivity contribution in [1.82, 2.24) is 5.32 Å². The van der Waals surface area contributed by atoms with Gasteiger partial charge in [-0.3, -0.25) is 0 Å². The summed E-state index contributed by atoms with van der Waals surface area (Å²) in [5.74, 6) is 0. The summed E-state index contributed by atoms with van der Waals surface area (Å²) in [4.78, 5) is 1.35. The van der Waals surface area contributed by atoms with Crippen molar-refractivity contribution in [3.8, 4) is 0 Å². The molecule has 18 heavy (non-hydrogen) atoms. The van der Waals surface area contributed by atoms with Crippen molar-refractivity contribution < 1.29 is 0 Å². The molecular formula is C15H18ClNS. The van der Waals surface area contributed by atoms with E-state index in [0.717, 1.165) is 11.6 Å². The summed E-state index contributed by atoms with van der Waals surface area (Å²) in [7, 11) is 0. The lowest BCUT2D eigenvalue weighted by molar-refractivity contribution is 0.629. The number of hydrogen-bond acceptors (Lipinski definition) is 2. The summed E-state index contributed by atoms with van der Waals surface area (Å²) < 4.78 is 0. The highest BCUT2D eigenvalue weighted by Crippen LogP contribution is 2.29. The van der Waals surface area contributed by atoms with E-state index in [1.165, 1.54) is 21.6 Å². The molecule has 0 saturated carbocycles. The van der Waals surface area contributed by atoms with Gasteiger partial charge in [0.15, 0.2) is 0 Å². The molecule has 3 heteroatoms. The summed E-state index contributed by atoms with van der Waals surface area (Å²) in [6.07, 6.45) is 0. The molecule has 0 amide bonds. The maximum atomic E-state index is 6.03. The smallest absolute Gasteiger partial charge is 0.0587 e. The summed E-state index contributed by atoms with van der Waals surface area (Å²) in [5.41, 5.74) is 3.88. The van der Waals surface area contributed by atoms with E-state index < -0.39 is 0 Å². The Bertz CT molecular complexity index is 533. The van der Waals surface area contributed by atoms with Gasteiger partial charge in [-0.25, -0.2) is 0 Å². The van der Waals surface area contributed by atoms with Gasteiger partial charge in [-0.1, -0.05) is 24.6 Å². The number of rotatable bonds is 4. The van der Waals surface area contributed by atoms with E-state index in [0.29, 0.717) is 0 Å². The van der Waals surface area contributed by atoms with Crippen molar-refractivity contribution in [2.75, 3.05) is 6.54 Å². The first kappa shape index (κ1) is 13.6. The Kier molecular flexibility index (Phi) is 4.44. The first-order valence-corrected chi connectivity index (χ1v) is 7.42. The molecule has 1 N–H and O–H groups in total. The molecule has 0 radical (unpaired) electrons. The second kappa shape index (κ2) is 5.87. The monoisotopic (exact) mass is 279 g/mol. The van der Waals surface area contributed by atoms with E-state index >= 15 is 0 Å². The van der Waals surface area contributed by atoms with Gasteiger partial charge >= 0.3 is 0 Å². The number of halogens is 1. The fourth-order valence-electron chi connectivity index (χ4n) is 2.19. The largest absolute Gasteiger partial charge is 0.306 e. The molecule has 0 aliphatic carbocycles. The first-order chi connectivity index (χ1) is 8.61. The van der Waals surface area contributed by atoms with Gasteiger partial charge in [0.1, 0.15) is 0 Å². The van der Waals surface area contributed by atoms with Crippen molar-refractivity contribution in [2.24, 2.45) is 0 Å². The van der Waals surface area contributed by atoms with Gasteiger partial charge in [-0.2, -0.15) is 0 Å². The van der Waals surface area contributed by atoms with Gasteiger partial charge < -0.3 is 5.32 Å². The van der Waals surface area contributed by atoms with Gasteiger partial charge in [-0.05, 0) is 60.7 Å². The fourth-order valence-corrected chi connectivity index (χ4v) is 3.15. The van der Waals surface area contributed by atoms with Crippen LogP contribution in [-0.4, -0.2) is 6.54 Å². The van der Waals surface area contributed by atoms with Gasteiger partial charge in [0, 0.05) is 9.90 Å². The zero-order valence-corrected chi connectivity index (χ0v) is 12.5. The maximum absolute atomic E-state index is 6.03. The topological polar surface area (TPSA) is 12.0 Å². The minimum Gasteiger partial charge on any atom is -0.306 e. The first-order valence-electron chi connectivity index (χ1n) is 6.16. The van der Waals surface area contributed by atoms with E-state index in [1.807, 2.05) is 12.1 Å². The van der Waals surface area contributed by atoms with Gasteiger partial charge in [0.05, 0.1) is 6.04 Å². The third-order valence-electron chi connectivity index (χ3n) is 3.04. The Morgan fingerprint density at radius 2 is 2.06 bits per heavy atom. The Labute approximate surface area is 118 Å². The number of hydrogen-bond donors (Lipinski definition) is 1. The Morgan fingerprint density at radius 1 is 1.28 bits per heavy atom. The molecule has 0 bridgehead atoms. The summed E-state index contributed by atoms with van der Waals surface area (Å²) >= 11 is 7.83. The van der Waals surface area contributed by atoms with Gasteiger partial charge in [-0.15, -0.1) is 11.3 Å². The molecule has 0 aliphatic heterocycles. The highest BCUT2D eigenvalue weighted by molar-refractivity contribution is 7.10. The molecule has 0 aliphatic rings. The summed E-state index contributed by atoms with van der Waals surface area (Å²) in [6, 6.07) is 8.63. The highest BCUT2D eigenvalue weighted by atomic mass is 35.5. The minimum absolute atomic E-state index is 0.261. The number of thiophene rings is 1. The lowest BCUT2D eigenvalue weighted by Crippen LogP contribution is -2.22. The average molecular weight is 280 g/mol. The molecule has 1 aromatic heterocycles. The van der Waals surface area contributed by atoms with Gasteiger partial charge in [0.2, 0.25) is 0 Å². The summed E-state index contributed by atoms with van der Waals surface area (Å²) in [5, 5.41) is 6.58. The van der Waals surface area contributed by atoms with Crippen molar-refractivity contribution >= 4 is 22.9 Å². The molecule has 1 heterocycles.